The summed E-state index contributed by atoms with van der Waals surface area (Å²) < 4.78 is 5.18. The molecule has 21 heavy (non-hydrogen) atoms. The molecule has 0 aliphatic heterocycles. The molecule has 0 bridgehead atoms. The highest BCUT2D eigenvalue weighted by Crippen LogP contribution is 2.12. The maximum Gasteiger partial charge on any atom is 0.408 e. The van der Waals surface area contributed by atoms with E-state index in [1.807, 2.05) is 6.26 Å². The van der Waals surface area contributed by atoms with Crippen molar-refractivity contribution in [3.63, 3.8) is 0 Å². The van der Waals surface area contributed by atoms with Gasteiger partial charge in [-0.1, -0.05) is 0 Å². The fourth-order valence-corrected chi connectivity index (χ4v) is 2.44. The number of nitrogens with one attached hydrogen (secondary N) is 2. The number of nitrogens with zero attached hydrogens (tertiary/aromatic N) is 1. The molecule has 1 heterocycles. The molecule has 0 radical (unpaired) electrons. The summed E-state index contributed by atoms with van der Waals surface area (Å²) in [4.78, 5) is 28.0. The summed E-state index contributed by atoms with van der Waals surface area (Å²) in [7, 11) is 0. The lowest BCUT2D eigenvalue weighted by molar-refractivity contribution is -0.118. The van der Waals surface area contributed by atoms with Crippen molar-refractivity contribution in [3.8, 4) is 0 Å². The normalized spacial score (nSPS) is 12.6. The third-order valence-corrected chi connectivity index (χ3v) is 3.61. The van der Waals surface area contributed by atoms with Crippen molar-refractivity contribution in [1.29, 1.82) is 0 Å². The molecule has 0 saturated carbocycles. The standard InChI is InChI=1S/C13H21N3O3S2/c1-13(2,3)19-12(18)15-9(5-7-20-4)10(17)16-11-14-6-8-21-11/h6,8-9H,5,7H2,1-4H3,(H,15,18)(H,14,16,17)/t9-/m0/s1. The van der Waals surface area contributed by atoms with Gasteiger partial charge in [0.25, 0.3) is 0 Å². The molecule has 1 rings (SSSR count). The van der Waals surface area contributed by atoms with E-state index in [1.54, 1.807) is 44.1 Å². The van der Waals surface area contributed by atoms with Gasteiger partial charge in [-0.05, 0) is 39.2 Å². The predicted molar refractivity (Wildman–Crippen MR) is 86.9 cm³/mol. The number of rotatable bonds is 6. The van der Waals surface area contributed by atoms with Crippen LogP contribution in [-0.2, 0) is 9.53 Å². The van der Waals surface area contributed by atoms with E-state index in [4.69, 9.17) is 4.74 Å². The number of amides is 2. The number of ether oxygens (including phenoxy) is 1. The SMILES string of the molecule is CSCC[C@H](NC(=O)OC(C)(C)C)C(=O)Nc1nccs1. The van der Waals surface area contributed by atoms with Crippen LogP contribution in [0.4, 0.5) is 9.93 Å². The van der Waals surface area contributed by atoms with Crippen LogP contribution < -0.4 is 10.6 Å². The Labute approximate surface area is 133 Å². The molecule has 0 unspecified atom stereocenters. The fraction of sp³-hybridized carbons (Fsp3) is 0.615. The number of carbonyl (C=O) groups is 2. The number of hydrogen-bond acceptors (Lipinski definition) is 6. The van der Waals surface area contributed by atoms with Crippen molar-refractivity contribution in [2.45, 2.75) is 38.8 Å². The van der Waals surface area contributed by atoms with Crippen LogP contribution in [0.25, 0.3) is 0 Å². The molecule has 8 heteroatoms. The second kappa shape index (κ2) is 8.23. The Hall–Kier alpha value is -1.28. The number of anilines is 1. The molecule has 0 saturated heterocycles. The summed E-state index contributed by atoms with van der Waals surface area (Å²) in [6.07, 6.45) is 3.49. The van der Waals surface area contributed by atoms with E-state index in [0.717, 1.165) is 5.75 Å². The second-order valence-electron chi connectivity index (χ2n) is 5.31. The molecule has 0 aromatic carbocycles. The molecule has 0 spiro atoms. The van der Waals surface area contributed by atoms with E-state index in [9.17, 15) is 9.59 Å². The Morgan fingerprint density at radius 2 is 2.19 bits per heavy atom. The number of thiazole rings is 1. The first-order valence-corrected chi connectivity index (χ1v) is 8.78. The zero-order valence-electron chi connectivity index (χ0n) is 12.6. The summed E-state index contributed by atoms with van der Waals surface area (Å²) in [6.45, 7) is 5.33. The first kappa shape index (κ1) is 17.8. The second-order valence-corrected chi connectivity index (χ2v) is 7.19. The van der Waals surface area contributed by atoms with Gasteiger partial charge in [0.1, 0.15) is 11.6 Å². The molecule has 1 aromatic rings. The van der Waals surface area contributed by atoms with Gasteiger partial charge < -0.3 is 15.4 Å². The molecule has 6 nitrogen and oxygen atoms in total. The number of hydrogen-bond donors (Lipinski definition) is 2. The maximum atomic E-state index is 12.2. The Morgan fingerprint density at radius 3 is 2.71 bits per heavy atom. The Balaban J connectivity index is 2.61. The van der Waals surface area contributed by atoms with E-state index in [-0.39, 0.29) is 5.91 Å². The van der Waals surface area contributed by atoms with Crippen molar-refractivity contribution in [2.24, 2.45) is 0 Å². The van der Waals surface area contributed by atoms with Crippen molar-refractivity contribution in [2.75, 3.05) is 17.3 Å². The third-order valence-electron chi connectivity index (χ3n) is 2.28. The highest BCUT2D eigenvalue weighted by molar-refractivity contribution is 7.98. The molecule has 118 valence electrons. The molecule has 0 aliphatic rings. The quantitative estimate of drug-likeness (QED) is 0.838. The van der Waals surface area contributed by atoms with Crippen LogP contribution in [-0.4, -0.2) is 40.6 Å². The third kappa shape index (κ3) is 7.33. The fourth-order valence-electron chi connectivity index (χ4n) is 1.43. The van der Waals surface area contributed by atoms with Crippen LogP contribution in [0.3, 0.4) is 0 Å². The van der Waals surface area contributed by atoms with Crippen LogP contribution in [0.5, 0.6) is 0 Å². The van der Waals surface area contributed by atoms with Gasteiger partial charge in [-0.3, -0.25) is 4.79 Å². The minimum absolute atomic E-state index is 0.287. The van der Waals surface area contributed by atoms with E-state index < -0.39 is 17.7 Å². The van der Waals surface area contributed by atoms with Crippen molar-refractivity contribution >= 4 is 40.2 Å². The minimum atomic E-state index is -0.642. The van der Waals surface area contributed by atoms with E-state index >= 15 is 0 Å². The van der Waals surface area contributed by atoms with Crippen LogP contribution in [0, 0.1) is 0 Å². The van der Waals surface area contributed by atoms with Gasteiger partial charge in [-0.2, -0.15) is 11.8 Å². The van der Waals surface area contributed by atoms with Crippen molar-refractivity contribution in [1.82, 2.24) is 10.3 Å². The lowest BCUT2D eigenvalue weighted by Crippen LogP contribution is -2.46. The molecule has 0 fully saturated rings. The predicted octanol–water partition coefficient (Wildman–Crippen LogP) is 2.73. The van der Waals surface area contributed by atoms with E-state index in [1.165, 1.54) is 11.3 Å². The first-order chi connectivity index (χ1) is 9.81. The smallest absolute Gasteiger partial charge is 0.408 e. The van der Waals surface area contributed by atoms with Crippen LogP contribution in [0.15, 0.2) is 11.6 Å². The van der Waals surface area contributed by atoms with Gasteiger partial charge in [-0.25, -0.2) is 9.78 Å². The molecule has 2 N–H and O–H groups in total. The van der Waals surface area contributed by atoms with Gasteiger partial charge in [-0.15, -0.1) is 11.3 Å². The Morgan fingerprint density at radius 1 is 1.48 bits per heavy atom. The molecular weight excluding hydrogens is 310 g/mol. The average molecular weight is 331 g/mol. The zero-order valence-corrected chi connectivity index (χ0v) is 14.3. The van der Waals surface area contributed by atoms with Gasteiger partial charge >= 0.3 is 6.09 Å². The Kier molecular flexibility index (Phi) is 6.97. The van der Waals surface area contributed by atoms with Gasteiger partial charge in [0.15, 0.2) is 5.13 Å². The zero-order chi connectivity index (χ0) is 15.9. The highest BCUT2D eigenvalue weighted by atomic mass is 32.2. The maximum absolute atomic E-state index is 12.2. The van der Waals surface area contributed by atoms with E-state index in [2.05, 4.69) is 15.6 Å². The van der Waals surface area contributed by atoms with Crippen LogP contribution >= 0.6 is 23.1 Å². The monoisotopic (exact) mass is 331 g/mol. The van der Waals surface area contributed by atoms with Gasteiger partial charge in [0.05, 0.1) is 0 Å². The number of alkyl carbamates (subject to hydrolysis) is 1. The van der Waals surface area contributed by atoms with Crippen LogP contribution in [0.1, 0.15) is 27.2 Å². The highest BCUT2D eigenvalue weighted by Gasteiger charge is 2.24. The molecule has 0 aliphatic carbocycles. The first-order valence-electron chi connectivity index (χ1n) is 6.50. The summed E-state index contributed by atoms with van der Waals surface area (Å²) in [5.74, 6) is 0.469. The number of aromatic nitrogens is 1. The minimum Gasteiger partial charge on any atom is -0.444 e. The topological polar surface area (TPSA) is 80.3 Å². The largest absolute Gasteiger partial charge is 0.444 e. The molecule has 1 aromatic heterocycles. The van der Waals surface area contributed by atoms with Crippen molar-refractivity contribution in [3.05, 3.63) is 11.6 Å². The molecular formula is C13H21N3O3S2. The number of carbonyl (C=O) groups excluding carboxylic acids is 2. The van der Waals surface area contributed by atoms with Crippen LogP contribution in [0.2, 0.25) is 0 Å². The Bertz CT molecular complexity index is 458. The summed E-state index contributed by atoms with van der Waals surface area (Å²) in [5, 5.41) is 7.58. The van der Waals surface area contributed by atoms with Crippen molar-refractivity contribution < 1.29 is 14.3 Å². The van der Waals surface area contributed by atoms with Gasteiger partial charge in [0, 0.05) is 11.6 Å². The summed E-state index contributed by atoms with van der Waals surface area (Å²) >= 11 is 2.94. The molecule has 2 amide bonds. The molecule has 1 atom stereocenters. The lowest BCUT2D eigenvalue weighted by Gasteiger charge is -2.23. The summed E-state index contributed by atoms with van der Waals surface area (Å²) in [5.41, 5.74) is -0.597. The summed E-state index contributed by atoms with van der Waals surface area (Å²) in [6, 6.07) is -0.642. The lowest BCUT2D eigenvalue weighted by atomic mass is 10.2. The van der Waals surface area contributed by atoms with Gasteiger partial charge in [0.2, 0.25) is 5.91 Å². The number of thioether (sulfide) groups is 1. The van der Waals surface area contributed by atoms with E-state index in [0.29, 0.717) is 11.6 Å². The average Bonchev–Trinajstić information content (AvgIpc) is 2.84.